The number of rotatable bonds is 4. The van der Waals surface area contributed by atoms with Gasteiger partial charge in [-0.3, -0.25) is 4.79 Å². The molecule has 2 aliphatic heterocycles. The quantitative estimate of drug-likeness (QED) is 0.886. The number of halogens is 3. The normalized spacial score (nSPS) is 23.2. The average molecular weight is 371 g/mol. The second-order valence-electron chi connectivity index (χ2n) is 7.42. The summed E-state index contributed by atoms with van der Waals surface area (Å²) in [6, 6.07) is 5.28. The van der Waals surface area contributed by atoms with Crippen LogP contribution >= 0.6 is 0 Å². The van der Waals surface area contributed by atoms with Gasteiger partial charge in [-0.25, -0.2) is 0 Å². The molecule has 1 amide bonds. The molecule has 26 heavy (non-hydrogen) atoms. The Hall–Kier alpha value is -1.60. The molecule has 1 N–H and O–H groups in total. The minimum absolute atomic E-state index is 0.0832. The van der Waals surface area contributed by atoms with E-state index in [9.17, 15) is 23.1 Å². The lowest BCUT2D eigenvalue weighted by Crippen LogP contribution is -2.47. The van der Waals surface area contributed by atoms with Crippen molar-refractivity contribution < 1.29 is 27.8 Å². The molecule has 4 nitrogen and oxygen atoms in total. The summed E-state index contributed by atoms with van der Waals surface area (Å²) < 4.78 is 44.0. The van der Waals surface area contributed by atoms with Gasteiger partial charge >= 0.3 is 6.18 Å². The molecule has 2 aliphatic rings. The standard InChI is InChI=1S/C19H24F3NO3/c20-19(21,22)16-3-1-2-14(10-16)11-18(13-24)5-7-23(8-6-18)17(25)15-4-9-26-12-15/h1-3,10,15,24H,4-9,11-13H2. The molecule has 2 fully saturated rings. The number of benzene rings is 1. The predicted molar refractivity (Wildman–Crippen MR) is 89.4 cm³/mol. The Bertz CT molecular complexity index is 633. The van der Waals surface area contributed by atoms with Crippen LogP contribution in [0.2, 0.25) is 0 Å². The molecule has 0 aliphatic carbocycles. The minimum Gasteiger partial charge on any atom is -0.396 e. The summed E-state index contributed by atoms with van der Waals surface area (Å²) in [5, 5.41) is 9.92. The van der Waals surface area contributed by atoms with E-state index in [0.717, 1.165) is 18.6 Å². The van der Waals surface area contributed by atoms with Crippen molar-refractivity contribution in [3.05, 3.63) is 35.4 Å². The molecule has 0 aromatic heterocycles. The van der Waals surface area contributed by atoms with E-state index in [1.807, 2.05) is 0 Å². The molecule has 2 heterocycles. The maximum Gasteiger partial charge on any atom is 0.416 e. The summed E-state index contributed by atoms with van der Waals surface area (Å²) in [5.41, 5.74) is -0.581. The number of likely N-dealkylation sites (tertiary alicyclic amines) is 1. The summed E-state index contributed by atoms with van der Waals surface area (Å²) in [6.45, 7) is 2.02. The van der Waals surface area contributed by atoms with E-state index < -0.39 is 17.2 Å². The fourth-order valence-corrected chi connectivity index (χ4v) is 3.87. The monoisotopic (exact) mass is 371 g/mol. The third kappa shape index (κ3) is 4.20. The summed E-state index contributed by atoms with van der Waals surface area (Å²) in [5.74, 6) is 0.00759. The van der Waals surface area contributed by atoms with Crippen molar-refractivity contribution in [1.82, 2.24) is 4.90 Å². The van der Waals surface area contributed by atoms with Crippen molar-refractivity contribution in [2.45, 2.75) is 31.9 Å². The molecule has 0 bridgehead atoms. The van der Waals surface area contributed by atoms with Crippen molar-refractivity contribution in [2.24, 2.45) is 11.3 Å². The van der Waals surface area contributed by atoms with Crippen molar-refractivity contribution in [1.29, 1.82) is 0 Å². The highest BCUT2D eigenvalue weighted by Crippen LogP contribution is 2.37. The Labute approximate surface area is 150 Å². The first-order chi connectivity index (χ1) is 12.3. The number of aliphatic hydroxyl groups excluding tert-OH is 1. The number of ether oxygens (including phenoxy) is 1. The van der Waals surface area contributed by atoms with Crippen LogP contribution in [0.15, 0.2) is 24.3 Å². The smallest absolute Gasteiger partial charge is 0.396 e. The number of carbonyl (C=O) groups excluding carboxylic acids is 1. The van der Waals surface area contributed by atoms with Crippen LogP contribution < -0.4 is 0 Å². The number of amides is 1. The van der Waals surface area contributed by atoms with Gasteiger partial charge in [-0.05, 0) is 37.3 Å². The summed E-state index contributed by atoms with van der Waals surface area (Å²) in [6.07, 6.45) is -2.09. The first kappa shape index (κ1) is 19.2. The largest absolute Gasteiger partial charge is 0.416 e. The lowest BCUT2D eigenvalue weighted by atomic mass is 9.74. The number of alkyl halides is 3. The summed E-state index contributed by atoms with van der Waals surface area (Å²) in [7, 11) is 0. The van der Waals surface area contributed by atoms with Crippen LogP contribution in [0.5, 0.6) is 0 Å². The number of nitrogens with zero attached hydrogens (tertiary/aromatic N) is 1. The zero-order valence-electron chi connectivity index (χ0n) is 14.6. The Morgan fingerprint density at radius 3 is 2.62 bits per heavy atom. The van der Waals surface area contributed by atoms with Gasteiger partial charge in [0.25, 0.3) is 0 Å². The second-order valence-corrected chi connectivity index (χ2v) is 7.42. The minimum atomic E-state index is -4.37. The molecule has 0 radical (unpaired) electrons. The maximum absolute atomic E-state index is 12.9. The fraction of sp³-hybridized carbons (Fsp3) is 0.632. The molecule has 3 rings (SSSR count). The van der Waals surface area contributed by atoms with Crippen molar-refractivity contribution in [3.8, 4) is 0 Å². The van der Waals surface area contributed by atoms with E-state index >= 15 is 0 Å². The van der Waals surface area contributed by atoms with Crippen LogP contribution in [0, 0.1) is 11.3 Å². The topological polar surface area (TPSA) is 49.8 Å². The third-order valence-corrected chi connectivity index (χ3v) is 5.58. The van der Waals surface area contributed by atoms with E-state index in [2.05, 4.69) is 0 Å². The highest BCUT2D eigenvalue weighted by molar-refractivity contribution is 5.79. The van der Waals surface area contributed by atoms with Gasteiger partial charge in [-0.2, -0.15) is 13.2 Å². The van der Waals surface area contributed by atoms with Gasteiger partial charge in [0, 0.05) is 31.7 Å². The first-order valence-electron chi connectivity index (χ1n) is 8.97. The van der Waals surface area contributed by atoms with Gasteiger partial charge in [0.05, 0.1) is 18.1 Å². The average Bonchev–Trinajstić information content (AvgIpc) is 3.16. The SMILES string of the molecule is O=C(C1CCOC1)N1CCC(CO)(Cc2cccc(C(F)(F)F)c2)CC1. The molecule has 7 heteroatoms. The number of hydrogen-bond acceptors (Lipinski definition) is 3. The molecule has 0 spiro atoms. The lowest BCUT2D eigenvalue weighted by molar-refractivity contribution is -0.139. The highest BCUT2D eigenvalue weighted by atomic mass is 19.4. The van der Waals surface area contributed by atoms with Gasteiger partial charge in [0.2, 0.25) is 5.91 Å². The molecule has 2 saturated heterocycles. The van der Waals surface area contributed by atoms with Crippen molar-refractivity contribution >= 4 is 5.91 Å². The number of piperidine rings is 1. The number of hydrogen-bond donors (Lipinski definition) is 1. The van der Waals surface area contributed by atoms with E-state index in [1.54, 1.807) is 11.0 Å². The van der Waals surface area contributed by atoms with Crippen LogP contribution in [0.25, 0.3) is 0 Å². The Balaban J connectivity index is 1.65. The lowest BCUT2D eigenvalue weighted by Gasteiger charge is -2.41. The summed E-state index contributed by atoms with van der Waals surface area (Å²) in [4.78, 5) is 14.3. The van der Waals surface area contributed by atoms with E-state index in [-0.39, 0.29) is 18.4 Å². The number of aliphatic hydroxyl groups is 1. The predicted octanol–water partition coefficient (Wildman–Crippen LogP) is 2.89. The van der Waals surface area contributed by atoms with Crippen molar-refractivity contribution in [2.75, 3.05) is 32.9 Å². The third-order valence-electron chi connectivity index (χ3n) is 5.58. The Kier molecular flexibility index (Phi) is 5.58. The van der Waals surface area contributed by atoms with Crippen LogP contribution in [-0.4, -0.2) is 48.8 Å². The van der Waals surface area contributed by atoms with Crippen LogP contribution in [0.1, 0.15) is 30.4 Å². The molecule has 1 aromatic rings. The summed E-state index contributed by atoms with van der Waals surface area (Å²) >= 11 is 0. The second kappa shape index (κ2) is 7.56. The molecular formula is C19H24F3NO3. The van der Waals surface area contributed by atoms with E-state index in [4.69, 9.17) is 4.74 Å². The molecule has 0 saturated carbocycles. The maximum atomic E-state index is 12.9. The fourth-order valence-electron chi connectivity index (χ4n) is 3.87. The van der Waals surface area contributed by atoms with Crippen LogP contribution in [0.3, 0.4) is 0 Å². The van der Waals surface area contributed by atoms with Gasteiger partial charge < -0.3 is 14.7 Å². The Morgan fingerprint density at radius 2 is 2.04 bits per heavy atom. The Morgan fingerprint density at radius 1 is 1.31 bits per heavy atom. The van der Waals surface area contributed by atoms with Gasteiger partial charge in [-0.1, -0.05) is 18.2 Å². The van der Waals surface area contributed by atoms with E-state index in [0.29, 0.717) is 51.1 Å². The molecule has 1 unspecified atom stereocenters. The molecule has 1 aromatic carbocycles. The van der Waals surface area contributed by atoms with Gasteiger partial charge in [0.15, 0.2) is 0 Å². The first-order valence-corrected chi connectivity index (χ1v) is 8.97. The highest BCUT2D eigenvalue weighted by Gasteiger charge is 2.38. The van der Waals surface area contributed by atoms with Gasteiger partial charge in [0.1, 0.15) is 0 Å². The van der Waals surface area contributed by atoms with Crippen molar-refractivity contribution in [3.63, 3.8) is 0 Å². The molecule has 144 valence electrons. The van der Waals surface area contributed by atoms with Gasteiger partial charge in [-0.15, -0.1) is 0 Å². The van der Waals surface area contributed by atoms with E-state index in [1.165, 1.54) is 6.07 Å². The molecule has 1 atom stereocenters. The number of carbonyl (C=O) groups is 1. The molecular weight excluding hydrogens is 347 g/mol. The van der Waals surface area contributed by atoms with Crippen LogP contribution in [0.4, 0.5) is 13.2 Å². The zero-order chi connectivity index (χ0) is 18.8. The van der Waals surface area contributed by atoms with Crippen LogP contribution in [-0.2, 0) is 22.1 Å². The zero-order valence-corrected chi connectivity index (χ0v) is 14.6.